The molecule has 1 heterocycles. The van der Waals surface area contributed by atoms with Gasteiger partial charge in [-0.3, -0.25) is 4.79 Å². The van der Waals surface area contributed by atoms with Crippen LogP contribution in [0, 0.1) is 5.41 Å². The molecular weight excluding hydrogens is 296 g/mol. The van der Waals surface area contributed by atoms with Crippen molar-refractivity contribution < 1.29 is 19.0 Å². The highest BCUT2D eigenvalue weighted by molar-refractivity contribution is 6.15. The second-order valence-electron chi connectivity index (χ2n) is 6.15. The standard InChI is InChI=1S/C17H22N2O4/c1-17(2,3)16-18-11(15(20)19-16)7-10-8-12(21-4)14(23-6)13(9-10)22-5/h7-9H,1-6H3,(H,18,19,20)/b11-7+. The molecule has 0 unspecified atom stereocenters. The maximum atomic E-state index is 12.1. The number of nitrogens with zero attached hydrogens (tertiary/aromatic N) is 1. The normalized spacial score (nSPS) is 16.2. The van der Waals surface area contributed by atoms with E-state index < -0.39 is 0 Å². The number of nitrogens with one attached hydrogen (secondary N) is 1. The van der Waals surface area contributed by atoms with Crippen LogP contribution in [0.4, 0.5) is 0 Å². The average molecular weight is 318 g/mol. The van der Waals surface area contributed by atoms with E-state index in [1.54, 1.807) is 39.5 Å². The Hall–Kier alpha value is -2.50. The van der Waals surface area contributed by atoms with Crippen LogP contribution in [0.1, 0.15) is 26.3 Å². The molecule has 0 spiro atoms. The fourth-order valence-corrected chi connectivity index (χ4v) is 2.17. The molecule has 1 amide bonds. The van der Waals surface area contributed by atoms with E-state index in [4.69, 9.17) is 14.2 Å². The van der Waals surface area contributed by atoms with Gasteiger partial charge in [-0.1, -0.05) is 20.8 Å². The molecule has 6 heteroatoms. The molecule has 0 saturated heterocycles. The number of amidine groups is 1. The zero-order chi connectivity index (χ0) is 17.2. The summed E-state index contributed by atoms with van der Waals surface area (Å²) in [5.74, 6) is 1.99. The van der Waals surface area contributed by atoms with E-state index in [1.165, 1.54) is 0 Å². The van der Waals surface area contributed by atoms with Gasteiger partial charge in [0.1, 0.15) is 11.5 Å². The van der Waals surface area contributed by atoms with Crippen LogP contribution in [0.2, 0.25) is 0 Å². The van der Waals surface area contributed by atoms with Crippen molar-refractivity contribution in [1.29, 1.82) is 0 Å². The lowest BCUT2D eigenvalue weighted by Crippen LogP contribution is -2.34. The number of carbonyl (C=O) groups is 1. The molecule has 0 atom stereocenters. The van der Waals surface area contributed by atoms with Crippen LogP contribution in [0.15, 0.2) is 22.8 Å². The Labute approximate surface area is 136 Å². The number of hydrogen-bond acceptors (Lipinski definition) is 5. The Balaban J connectivity index is 2.47. The molecule has 0 aromatic heterocycles. The third-order valence-corrected chi connectivity index (χ3v) is 3.40. The van der Waals surface area contributed by atoms with E-state index >= 15 is 0 Å². The molecule has 1 aliphatic heterocycles. The van der Waals surface area contributed by atoms with Crippen LogP contribution in [0.3, 0.4) is 0 Å². The Kier molecular flexibility index (Phi) is 4.63. The Morgan fingerprint density at radius 3 is 2.00 bits per heavy atom. The van der Waals surface area contributed by atoms with E-state index in [2.05, 4.69) is 10.3 Å². The molecule has 1 N–H and O–H groups in total. The van der Waals surface area contributed by atoms with Crippen molar-refractivity contribution in [2.45, 2.75) is 20.8 Å². The van der Waals surface area contributed by atoms with Gasteiger partial charge in [0.15, 0.2) is 11.5 Å². The van der Waals surface area contributed by atoms with E-state index in [-0.39, 0.29) is 11.3 Å². The maximum Gasteiger partial charge on any atom is 0.275 e. The second kappa shape index (κ2) is 6.32. The van der Waals surface area contributed by atoms with Crippen molar-refractivity contribution in [2.75, 3.05) is 21.3 Å². The first kappa shape index (κ1) is 16.9. The number of methoxy groups -OCH3 is 3. The van der Waals surface area contributed by atoms with Crippen LogP contribution < -0.4 is 19.5 Å². The molecule has 0 bridgehead atoms. The van der Waals surface area contributed by atoms with Gasteiger partial charge in [-0.15, -0.1) is 0 Å². The van der Waals surface area contributed by atoms with E-state index in [0.29, 0.717) is 28.8 Å². The van der Waals surface area contributed by atoms with Crippen molar-refractivity contribution in [3.63, 3.8) is 0 Å². The maximum absolute atomic E-state index is 12.1. The summed E-state index contributed by atoms with van der Waals surface area (Å²) in [6, 6.07) is 3.54. The van der Waals surface area contributed by atoms with Gasteiger partial charge in [0.25, 0.3) is 5.91 Å². The fourth-order valence-electron chi connectivity index (χ4n) is 2.17. The van der Waals surface area contributed by atoms with Gasteiger partial charge >= 0.3 is 0 Å². The van der Waals surface area contributed by atoms with Crippen LogP contribution >= 0.6 is 0 Å². The predicted molar refractivity (Wildman–Crippen MR) is 89.1 cm³/mol. The zero-order valence-corrected chi connectivity index (χ0v) is 14.3. The summed E-state index contributed by atoms with van der Waals surface area (Å²) in [4.78, 5) is 16.5. The van der Waals surface area contributed by atoms with Crippen molar-refractivity contribution in [3.05, 3.63) is 23.4 Å². The number of carbonyl (C=O) groups excluding carboxylic acids is 1. The molecule has 124 valence electrons. The molecule has 1 aromatic rings. The van der Waals surface area contributed by atoms with Crippen molar-refractivity contribution >= 4 is 17.8 Å². The first-order chi connectivity index (χ1) is 10.8. The average Bonchev–Trinajstić information content (AvgIpc) is 2.87. The van der Waals surface area contributed by atoms with E-state index in [1.807, 2.05) is 20.8 Å². The number of hydrogen-bond donors (Lipinski definition) is 1. The molecule has 0 fully saturated rings. The van der Waals surface area contributed by atoms with Crippen LogP contribution in [0.5, 0.6) is 17.2 Å². The van der Waals surface area contributed by atoms with Crippen molar-refractivity contribution in [2.24, 2.45) is 10.4 Å². The summed E-state index contributed by atoms with van der Waals surface area (Å²) in [7, 11) is 4.64. The van der Waals surface area contributed by atoms with Crippen molar-refractivity contribution in [1.82, 2.24) is 5.32 Å². The van der Waals surface area contributed by atoms with Crippen LogP contribution in [0.25, 0.3) is 6.08 Å². The number of amides is 1. The minimum absolute atomic E-state index is 0.219. The third kappa shape index (κ3) is 3.47. The summed E-state index contributed by atoms with van der Waals surface area (Å²) < 4.78 is 15.9. The lowest BCUT2D eigenvalue weighted by atomic mass is 9.95. The molecule has 23 heavy (non-hydrogen) atoms. The van der Waals surface area contributed by atoms with Gasteiger partial charge in [-0.2, -0.15) is 0 Å². The first-order valence-electron chi connectivity index (χ1n) is 7.22. The predicted octanol–water partition coefficient (Wildman–Crippen LogP) is 2.63. The van der Waals surface area contributed by atoms with Gasteiger partial charge in [-0.05, 0) is 23.8 Å². The SMILES string of the molecule is COc1cc(/C=C2/N=C(C(C)(C)C)NC2=O)cc(OC)c1OC. The molecular formula is C17H22N2O4. The number of rotatable bonds is 4. The first-order valence-corrected chi connectivity index (χ1v) is 7.22. The Bertz CT molecular complexity index is 659. The summed E-state index contributed by atoms with van der Waals surface area (Å²) in [6.45, 7) is 5.98. The van der Waals surface area contributed by atoms with Gasteiger partial charge in [0, 0.05) is 5.41 Å². The van der Waals surface area contributed by atoms with Crippen molar-refractivity contribution in [3.8, 4) is 17.2 Å². The monoisotopic (exact) mass is 318 g/mol. The Morgan fingerprint density at radius 2 is 1.61 bits per heavy atom. The van der Waals surface area contributed by atoms with Crippen LogP contribution in [-0.2, 0) is 4.79 Å². The fraction of sp³-hybridized carbons (Fsp3) is 0.412. The number of aliphatic imine (C=N–C) groups is 1. The molecule has 0 saturated carbocycles. The number of benzene rings is 1. The highest BCUT2D eigenvalue weighted by Gasteiger charge is 2.28. The third-order valence-electron chi connectivity index (χ3n) is 3.40. The topological polar surface area (TPSA) is 69.2 Å². The largest absolute Gasteiger partial charge is 0.493 e. The zero-order valence-electron chi connectivity index (χ0n) is 14.3. The molecule has 0 aliphatic carbocycles. The quantitative estimate of drug-likeness (QED) is 0.867. The lowest BCUT2D eigenvalue weighted by molar-refractivity contribution is -0.115. The molecule has 1 aliphatic rings. The van der Waals surface area contributed by atoms with Gasteiger partial charge < -0.3 is 19.5 Å². The minimum atomic E-state index is -0.222. The second-order valence-corrected chi connectivity index (χ2v) is 6.15. The summed E-state index contributed by atoms with van der Waals surface area (Å²) >= 11 is 0. The summed E-state index contributed by atoms with van der Waals surface area (Å²) in [5.41, 5.74) is 0.869. The summed E-state index contributed by atoms with van der Waals surface area (Å²) in [6.07, 6.45) is 1.69. The number of ether oxygens (including phenoxy) is 3. The smallest absolute Gasteiger partial charge is 0.275 e. The van der Waals surface area contributed by atoms with Gasteiger partial charge in [-0.25, -0.2) is 4.99 Å². The molecule has 6 nitrogen and oxygen atoms in total. The molecule has 2 rings (SSSR count). The Morgan fingerprint density at radius 1 is 1.04 bits per heavy atom. The van der Waals surface area contributed by atoms with E-state index in [9.17, 15) is 4.79 Å². The van der Waals surface area contributed by atoms with Gasteiger partial charge in [0.05, 0.1) is 21.3 Å². The van der Waals surface area contributed by atoms with Crippen LogP contribution in [-0.4, -0.2) is 33.1 Å². The lowest BCUT2D eigenvalue weighted by Gasteiger charge is -2.16. The van der Waals surface area contributed by atoms with Gasteiger partial charge in [0.2, 0.25) is 5.75 Å². The summed E-state index contributed by atoms with van der Waals surface area (Å²) in [5, 5.41) is 2.80. The van der Waals surface area contributed by atoms with E-state index in [0.717, 1.165) is 5.56 Å². The highest BCUT2D eigenvalue weighted by atomic mass is 16.5. The molecule has 0 radical (unpaired) electrons. The minimum Gasteiger partial charge on any atom is -0.493 e. The molecule has 1 aromatic carbocycles. The highest BCUT2D eigenvalue weighted by Crippen LogP contribution is 2.39.